The highest BCUT2D eigenvalue weighted by atomic mass is 16.3. The van der Waals surface area contributed by atoms with Gasteiger partial charge in [0.2, 0.25) is 11.7 Å². The largest absolute Gasteiger partial charge is 0.508 e. The van der Waals surface area contributed by atoms with Crippen molar-refractivity contribution in [2.45, 2.75) is 59.7 Å². The third-order valence-electron chi connectivity index (χ3n) is 5.80. The fourth-order valence-corrected chi connectivity index (χ4v) is 4.07. The lowest BCUT2D eigenvalue weighted by molar-refractivity contribution is -0.128. The van der Waals surface area contributed by atoms with E-state index in [0.29, 0.717) is 22.8 Å². The van der Waals surface area contributed by atoms with Crippen molar-refractivity contribution in [3.8, 4) is 17.3 Å². The molecule has 0 unspecified atom stereocenters. The van der Waals surface area contributed by atoms with Crippen molar-refractivity contribution in [3.63, 3.8) is 0 Å². The Hall–Kier alpha value is -4.47. The fraction of sp³-hybridized carbons (Fsp3) is 0.321. The molecule has 1 atom stereocenters. The molecular formula is C28H32N6O4. The van der Waals surface area contributed by atoms with Gasteiger partial charge in [0.1, 0.15) is 24.1 Å². The van der Waals surface area contributed by atoms with Crippen LogP contribution >= 0.6 is 0 Å². The van der Waals surface area contributed by atoms with E-state index < -0.39 is 17.5 Å². The summed E-state index contributed by atoms with van der Waals surface area (Å²) < 4.78 is 5.57. The molecule has 38 heavy (non-hydrogen) atoms. The van der Waals surface area contributed by atoms with E-state index in [-0.39, 0.29) is 24.0 Å². The standard InChI is InChI=1S/C28H32N6O4/c1-17-7-8-18(2)22(15-17)34(24(36)16-33-31-26(30-32-33)23-14-9-19(3)38-23)25(27(37)29-28(4,5)6)20-10-12-21(35)13-11-20/h7-15,25,35H,16H2,1-6H3,(H,29,37)/t25-/m1/s1. The smallest absolute Gasteiger partial charge is 0.251 e. The van der Waals surface area contributed by atoms with E-state index in [1.807, 2.05) is 59.7 Å². The van der Waals surface area contributed by atoms with Crippen LogP contribution in [-0.4, -0.2) is 42.7 Å². The van der Waals surface area contributed by atoms with Gasteiger partial charge in [-0.2, -0.15) is 4.80 Å². The number of anilines is 1. The minimum atomic E-state index is -1.03. The number of tetrazole rings is 1. The summed E-state index contributed by atoms with van der Waals surface area (Å²) in [7, 11) is 0. The van der Waals surface area contributed by atoms with Gasteiger partial charge in [0.15, 0.2) is 5.76 Å². The van der Waals surface area contributed by atoms with Gasteiger partial charge < -0.3 is 14.8 Å². The summed E-state index contributed by atoms with van der Waals surface area (Å²) in [6.07, 6.45) is 0. The minimum Gasteiger partial charge on any atom is -0.508 e. The SMILES string of the molecule is Cc1ccc(C)c(N(C(=O)Cn2nnc(-c3ccc(C)o3)n2)[C@@H](C(=O)NC(C)(C)C)c2ccc(O)cc2)c1. The second kappa shape index (κ2) is 10.5. The van der Waals surface area contributed by atoms with Crippen molar-refractivity contribution in [2.24, 2.45) is 0 Å². The first-order chi connectivity index (χ1) is 17.9. The number of furan rings is 1. The summed E-state index contributed by atoms with van der Waals surface area (Å²) >= 11 is 0. The van der Waals surface area contributed by atoms with Gasteiger partial charge in [-0.05, 0) is 93.8 Å². The Morgan fingerprint density at radius 2 is 1.76 bits per heavy atom. The molecule has 10 nitrogen and oxygen atoms in total. The zero-order valence-corrected chi connectivity index (χ0v) is 22.4. The van der Waals surface area contributed by atoms with Crippen molar-refractivity contribution in [2.75, 3.05) is 4.90 Å². The van der Waals surface area contributed by atoms with E-state index in [1.165, 1.54) is 21.8 Å². The molecule has 2 aromatic carbocycles. The van der Waals surface area contributed by atoms with Crippen LogP contribution in [0, 0.1) is 20.8 Å². The molecule has 0 spiro atoms. The number of amides is 2. The molecular weight excluding hydrogens is 484 g/mol. The van der Waals surface area contributed by atoms with Crippen LogP contribution in [0.5, 0.6) is 5.75 Å². The van der Waals surface area contributed by atoms with Crippen LogP contribution in [0.25, 0.3) is 11.6 Å². The summed E-state index contributed by atoms with van der Waals surface area (Å²) in [6, 6.07) is 14.5. The molecule has 0 aliphatic heterocycles. The number of phenols is 1. The Labute approximate surface area is 221 Å². The normalized spacial score (nSPS) is 12.3. The van der Waals surface area contributed by atoms with Crippen molar-refractivity contribution in [1.29, 1.82) is 0 Å². The molecule has 0 saturated carbocycles. The number of nitrogens with zero attached hydrogens (tertiary/aromatic N) is 5. The summed E-state index contributed by atoms with van der Waals surface area (Å²) in [5.41, 5.74) is 2.32. The number of carbonyl (C=O) groups is 2. The van der Waals surface area contributed by atoms with Gasteiger partial charge in [-0.3, -0.25) is 14.5 Å². The first-order valence-corrected chi connectivity index (χ1v) is 12.3. The zero-order valence-electron chi connectivity index (χ0n) is 22.4. The third-order valence-corrected chi connectivity index (χ3v) is 5.80. The van der Waals surface area contributed by atoms with E-state index in [2.05, 4.69) is 20.7 Å². The van der Waals surface area contributed by atoms with Crippen molar-refractivity contribution in [3.05, 3.63) is 77.0 Å². The third kappa shape index (κ3) is 6.08. The number of aryl methyl sites for hydroxylation is 3. The van der Waals surface area contributed by atoms with Gasteiger partial charge in [-0.15, -0.1) is 10.2 Å². The number of rotatable bonds is 7. The quantitative estimate of drug-likeness (QED) is 0.376. The Kier molecular flexibility index (Phi) is 7.34. The fourth-order valence-electron chi connectivity index (χ4n) is 4.07. The predicted molar refractivity (Wildman–Crippen MR) is 142 cm³/mol. The second-order valence-corrected chi connectivity index (χ2v) is 10.3. The van der Waals surface area contributed by atoms with Gasteiger partial charge in [-0.25, -0.2) is 0 Å². The molecule has 0 fully saturated rings. The molecule has 2 amide bonds. The number of aromatic nitrogens is 4. The Balaban J connectivity index is 1.79. The lowest BCUT2D eigenvalue weighted by atomic mass is 9.99. The Morgan fingerprint density at radius 1 is 1.05 bits per heavy atom. The van der Waals surface area contributed by atoms with Crippen LogP contribution in [0.3, 0.4) is 0 Å². The maximum atomic E-state index is 14.0. The summed E-state index contributed by atoms with van der Waals surface area (Å²) in [5, 5.41) is 25.3. The van der Waals surface area contributed by atoms with E-state index in [1.54, 1.807) is 24.3 Å². The van der Waals surface area contributed by atoms with Crippen LogP contribution in [-0.2, 0) is 16.1 Å². The van der Waals surface area contributed by atoms with E-state index in [4.69, 9.17) is 4.42 Å². The number of hydrogen-bond acceptors (Lipinski definition) is 7. The number of phenolic OH excluding ortho intramolecular Hbond substituents is 1. The summed E-state index contributed by atoms with van der Waals surface area (Å²) in [5.74, 6) is 0.677. The van der Waals surface area contributed by atoms with Gasteiger partial charge in [0.05, 0.1) is 0 Å². The molecule has 0 radical (unpaired) electrons. The number of nitrogens with one attached hydrogen (secondary N) is 1. The van der Waals surface area contributed by atoms with E-state index in [9.17, 15) is 14.7 Å². The Morgan fingerprint density at radius 3 is 2.39 bits per heavy atom. The first-order valence-electron chi connectivity index (χ1n) is 12.3. The maximum Gasteiger partial charge on any atom is 0.251 e. The topological polar surface area (TPSA) is 126 Å². The summed E-state index contributed by atoms with van der Waals surface area (Å²) in [4.78, 5) is 30.4. The molecule has 4 rings (SSSR count). The zero-order chi connectivity index (χ0) is 27.6. The van der Waals surface area contributed by atoms with Crippen LogP contribution < -0.4 is 10.2 Å². The predicted octanol–water partition coefficient (Wildman–Crippen LogP) is 4.25. The number of benzene rings is 2. The van der Waals surface area contributed by atoms with Crippen molar-refractivity contribution < 1.29 is 19.1 Å². The van der Waals surface area contributed by atoms with Crippen LogP contribution in [0.1, 0.15) is 49.3 Å². The van der Waals surface area contributed by atoms with Gasteiger partial charge in [0.25, 0.3) is 5.91 Å². The summed E-state index contributed by atoms with van der Waals surface area (Å²) in [6.45, 7) is 11.0. The second-order valence-electron chi connectivity index (χ2n) is 10.3. The van der Waals surface area contributed by atoms with Gasteiger partial charge in [-0.1, -0.05) is 24.3 Å². The molecule has 2 heterocycles. The van der Waals surface area contributed by atoms with Crippen LogP contribution in [0.2, 0.25) is 0 Å². The lowest BCUT2D eigenvalue weighted by Crippen LogP contribution is -2.50. The highest BCUT2D eigenvalue weighted by Gasteiger charge is 2.35. The van der Waals surface area contributed by atoms with Crippen molar-refractivity contribution in [1.82, 2.24) is 25.5 Å². The monoisotopic (exact) mass is 516 g/mol. The number of hydrogen-bond donors (Lipinski definition) is 2. The van der Waals surface area contributed by atoms with E-state index >= 15 is 0 Å². The first kappa shape index (κ1) is 26.6. The van der Waals surface area contributed by atoms with E-state index in [0.717, 1.165) is 11.1 Å². The lowest BCUT2D eigenvalue weighted by Gasteiger charge is -2.34. The van der Waals surface area contributed by atoms with Crippen molar-refractivity contribution >= 4 is 17.5 Å². The molecule has 4 aromatic rings. The molecule has 0 aliphatic rings. The highest BCUT2D eigenvalue weighted by Crippen LogP contribution is 2.33. The molecule has 198 valence electrons. The van der Waals surface area contributed by atoms with Gasteiger partial charge >= 0.3 is 0 Å². The average molecular weight is 517 g/mol. The maximum absolute atomic E-state index is 14.0. The molecule has 0 bridgehead atoms. The minimum absolute atomic E-state index is 0.0563. The average Bonchev–Trinajstić information content (AvgIpc) is 3.47. The van der Waals surface area contributed by atoms with Gasteiger partial charge in [0, 0.05) is 11.2 Å². The molecule has 0 aliphatic carbocycles. The molecule has 2 N–H and O–H groups in total. The van der Waals surface area contributed by atoms with Crippen LogP contribution in [0.15, 0.2) is 59.0 Å². The molecule has 2 aromatic heterocycles. The number of carbonyl (C=O) groups excluding carboxylic acids is 2. The molecule has 10 heteroatoms. The van der Waals surface area contributed by atoms with Crippen LogP contribution in [0.4, 0.5) is 5.69 Å². The highest BCUT2D eigenvalue weighted by molar-refractivity contribution is 6.02. The Bertz CT molecular complexity index is 1450. The number of aromatic hydroxyl groups is 1. The molecule has 0 saturated heterocycles.